The molecule has 0 aliphatic carbocycles. The normalized spacial score (nSPS) is 20.6. The first-order valence-corrected chi connectivity index (χ1v) is 8.93. The van der Waals surface area contributed by atoms with Gasteiger partial charge in [0.15, 0.2) is 12.1 Å². The van der Waals surface area contributed by atoms with Crippen LogP contribution in [-0.4, -0.2) is 41.4 Å². The van der Waals surface area contributed by atoms with Crippen LogP contribution in [0.3, 0.4) is 0 Å². The highest BCUT2D eigenvalue weighted by Gasteiger charge is 2.55. The van der Waals surface area contributed by atoms with Gasteiger partial charge in [0.2, 0.25) is 5.91 Å². The topological polar surface area (TPSA) is 94.4 Å². The fourth-order valence-corrected chi connectivity index (χ4v) is 3.39. The van der Waals surface area contributed by atoms with Crippen molar-refractivity contribution in [3.05, 3.63) is 59.7 Å². The first kappa shape index (κ1) is 17.8. The molecular formula is C20H19N5O3. The number of hydrogen-bond donors (Lipinski definition) is 1. The average Bonchev–Trinajstić information content (AvgIpc) is 3.19. The van der Waals surface area contributed by atoms with Crippen molar-refractivity contribution in [2.24, 2.45) is 10.3 Å². The third-order valence-electron chi connectivity index (χ3n) is 4.85. The highest BCUT2D eigenvalue weighted by atomic mass is 16.2. The van der Waals surface area contributed by atoms with Gasteiger partial charge in [-0.15, -0.1) is 0 Å². The molecule has 2 aromatic rings. The number of para-hydroxylation sites is 1. The van der Waals surface area contributed by atoms with E-state index in [1.807, 2.05) is 32.0 Å². The number of benzene rings is 2. The van der Waals surface area contributed by atoms with E-state index in [1.165, 1.54) is 5.01 Å². The Balaban J connectivity index is 1.49. The second-order valence-corrected chi connectivity index (χ2v) is 6.91. The van der Waals surface area contributed by atoms with Gasteiger partial charge in [0.05, 0.1) is 5.69 Å². The summed E-state index contributed by atoms with van der Waals surface area (Å²) in [6.45, 7) is 3.67. The van der Waals surface area contributed by atoms with E-state index in [0.29, 0.717) is 11.4 Å². The average molecular weight is 377 g/mol. The Morgan fingerprint density at radius 3 is 2.57 bits per heavy atom. The summed E-state index contributed by atoms with van der Waals surface area (Å²) in [7, 11) is 0. The van der Waals surface area contributed by atoms with Gasteiger partial charge in [0.25, 0.3) is 11.8 Å². The fourth-order valence-electron chi connectivity index (χ4n) is 3.39. The predicted molar refractivity (Wildman–Crippen MR) is 103 cm³/mol. The van der Waals surface area contributed by atoms with E-state index in [9.17, 15) is 14.4 Å². The Kier molecular flexibility index (Phi) is 4.38. The number of fused-ring (bicyclic) bond motifs is 1. The van der Waals surface area contributed by atoms with Crippen LogP contribution in [0.5, 0.6) is 0 Å². The number of imide groups is 1. The number of hydrogen-bond acceptors (Lipinski definition) is 6. The molecule has 28 heavy (non-hydrogen) atoms. The van der Waals surface area contributed by atoms with Gasteiger partial charge in [-0.2, -0.15) is 5.11 Å². The van der Waals surface area contributed by atoms with Gasteiger partial charge in [0.1, 0.15) is 6.54 Å². The predicted octanol–water partition coefficient (Wildman–Crippen LogP) is 2.24. The van der Waals surface area contributed by atoms with Crippen molar-refractivity contribution in [1.82, 2.24) is 5.01 Å². The van der Waals surface area contributed by atoms with E-state index in [4.69, 9.17) is 0 Å². The van der Waals surface area contributed by atoms with Gasteiger partial charge in [-0.1, -0.05) is 35.6 Å². The molecule has 0 aromatic heterocycles. The number of carbonyl (C=O) groups is 3. The maximum absolute atomic E-state index is 12.9. The third kappa shape index (κ3) is 3.02. The van der Waals surface area contributed by atoms with E-state index in [-0.39, 0.29) is 12.5 Å². The molecule has 3 amide bonds. The van der Waals surface area contributed by atoms with E-state index in [2.05, 4.69) is 15.7 Å². The van der Waals surface area contributed by atoms with Crippen LogP contribution < -0.4 is 10.2 Å². The molecule has 4 rings (SSSR count). The lowest BCUT2D eigenvalue weighted by atomic mass is 10.1. The minimum Gasteiger partial charge on any atom is -0.324 e. The molecular weight excluding hydrogens is 358 g/mol. The third-order valence-corrected chi connectivity index (χ3v) is 4.85. The van der Waals surface area contributed by atoms with E-state index in [0.717, 1.165) is 16.0 Å². The summed E-state index contributed by atoms with van der Waals surface area (Å²) in [5.74, 6) is -1.18. The van der Waals surface area contributed by atoms with Gasteiger partial charge in [-0.05, 0) is 43.2 Å². The highest BCUT2D eigenvalue weighted by Crippen LogP contribution is 2.31. The molecule has 0 spiro atoms. The van der Waals surface area contributed by atoms with Crippen molar-refractivity contribution in [2.45, 2.75) is 25.9 Å². The maximum atomic E-state index is 12.9. The molecule has 2 heterocycles. The second kappa shape index (κ2) is 6.88. The van der Waals surface area contributed by atoms with E-state index >= 15 is 0 Å². The summed E-state index contributed by atoms with van der Waals surface area (Å²) in [6, 6.07) is 12.6. The standard InChI is InChI=1S/C20H19N5O3/c1-12-8-9-13(2)15(10-12)21-16(26)11-24-18-17(22-23-24)19(27)25(20(18)28)14-6-4-3-5-7-14/h3-10,17-18H,11H2,1-2H3,(H,21,26)/t17-,18-/m1/s1. The van der Waals surface area contributed by atoms with Crippen molar-refractivity contribution in [3.8, 4) is 0 Å². The van der Waals surface area contributed by atoms with Crippen LogP contribution in [0.1, 0.15) is 11.1 Å². The number of aryl methyl sites for hydroxylation is 2. The molecule has 1 fully saturated rings. The summed E-state index contributed by atoms with van der Waals surface area (Å²) in [6.07, 6.45) is 0. The Morgan fingerprint density at radius 1 is 1.07 bits per heavy atom. The first-order chi connectivity index (χ1) is 13.5. The molecule has 0 bridgehead atoms. The summed E-state index contributed by atoms with van der Waals surface area (Å²) in [4.78, 5) is 39.1. The van der Waals surface area contributed by atoms with Crippen molar-refractivity contribution in [1.29, 1.82) is 0 Å². The van der Waals surface area contributed by atoms with Crippen LogP contribution in [0.2, 0.25) is 0 Å². The fraction of sp³-hybridized carbons (Fsp3) is 0.250. The Bertz CT molecular complexity index is 989. The van der Waals surface area contributed by atoms with Gasteiger partial charge >= 0.3 is 0 Å². The number of rotatable bonds is 4. The molecule has 142 valence electrons. The Hall–Kier alpha value is -3.55. The lowest BCUT2D eigenvalue weighted by Crippen LogP contribution is -2.43. The summed E-state index contributed by atoms with van der Waals surface area (Å²) < 4.78 is 0. The quantitative estimate of drug-likeness (QED) is 0.827. The van der Waals surface area contributed by atoms with Crippen LogP contribution >= 0.6 is 0 Å². The van der Waals surface area contributed by atoms with Crippen molar-refractivity contribution in [2.75, 3.05) is 16.8 Å². The molecule has 1 N–H and O–H groups in total. The number of carbonyl (C=O) groups excluding carboxylic acids is 3. The molecule has 2 aromatic carbocycles. The Morgan fingerprint density at radius 2 is 1.82 bits per heavy atom. The van der Waals surface area contributed by atoms with Gasteiger partial charge in [0, 0.05) is 5.69 Å². The van der Waals surface area contributed by atoms with Crippen molar-refractivity contribution >= 4 is 29.1 Å². The number of amides is 3. The van der Waals surface area contributed by atoms with Crippen molar-refractivity contribution in [3.63, 3.8) is 0 Å². The van der Waals surface area contributed by atoms with Gasteiger partial charge in [-0.3, -0.25) is 19.4 Å². The molecule has 8 nitrogen and oxygen atoms in total. The molecule has 2 aliphatic heterocycles. The molecule has 0 unspecified atom stereocenters. The minimum atomic E-state index is -0.916. The lowest BCUT2D eigenvalue weighted by Gasteiger charge is -2.20. The zero-order valence-corrected chi connectivity index (χ0v) is 15.5. The molecule has 8 heteroatoms. The smallest absolute Gasteiger partial charge is 0.263 e. The Labute approximate surface area is 161 Å². The number of nitrogens with one attached hydrogen (secondary N) is 1. The summed E-state index contributed by atoms with van der Waals surface area (Å²) in [5.41, 5.74) is 3.15. The number of nitrogens with zero attached hydrogens (tertiary/aromatic N) is 4. The second-order valence-electron chi connectivity index (χ2n) is 6.91. The lowest BCUT2D eigenvalue weighted by molar-refractivity contribution is -0.123. The summed E-state index contributed by atoms with van der Waals surface area (Å²) >= 11 is 0. The monoisotopic (exact) mass is 377 g/mol. The first-order valence-electron chi connectivity index (χ1n) is 8.93. The number of anilines is 2. The summed E-state index contributed by atoms with van der Waals surface area (Å²) in [5, 5.41) is 12.0. The van der Waals surface area contributed by atoms with E-state index < -0.39 is 23.9 Å². The largest absolute Gasteiger partial charge is 0.324 e. The molecule has 0 saturated carbocycles. The van der Waals surface area contributed by atoms with Crippen LogP contribution in [0.15, 0.2) is 58.9 Å². The SMILES string of the molecule is Cc1ccc(C)c(NC(=O)CN2N=N[C@H]3C(=O)N(c4ccccc4)C(=O)[C@@H]32)c1. The van der Waals surface area contributed by atoms with Crippen LogP contribution in [-0.2, 0) is 14.4 Å². The van der Waals surface area contributed by atoms with Crippen LogP contribution in [0, 0.1) is 13.8 Å². The van der Waals surface area contributed by atoms with Crippen LogP contribution in [0.4, 0.5) is 11.4 Å². The molecule has 0 radical (unpaired) electrons. The zero-order valence-electron chi connectivity index (χ0n) is 15.5. The molecule has 2 atom stereocenters. The van der Waals surface area contributed by atoms with Crippen LogP contribution in [0.25, 0.3) is 0 Å². The van der Waals surface area contributed by atoms with Crippen molar-refractivity contribution < 1.29 is 14.4 Å². The molecule has 1 saturated heterocycles. The highest BCUT2D eigenvalue weighted by molar-refractivity contribution is 6.25. The van der Waals surface area contributed by atoms with Gasteiger partial charge < -0.3 is 5.32 Å². The van der Waals surface area contributed by atoms with Gasteiger partial charge in [-0.25, -0.2) is 4.90 Å². The zero-order chi connectivity index (χ0) is 19.8. The maximum Gasteiger partial charge on any atom is 0.263 e. The van der Waals surface area contributed by atoms with E-state index in [1.54, 1.807) is 30.3 Å². The minimum absolute atomic E-state index is 0.167. The molecule has 2 aliphatic rings.